The summed E-state index contributed by atoms with van der Waals surface area (Å²) >= 11 is 7.13. The Morgan fingerprint density at radius 1 is 0.926 bits per heavy atom. The number of hydrogen-bond donors (Lipinski definition) is 3. The predicted molar refractivity (Wildman–Crippen MR) is 255 cm³/mol. The summed E-state index contributed by atoms with van der Waals surface area (Å²) in [5.41, 5.74) is 4.82. The highest BCUT2D eigenvalue weighted by atomic mass is 35.5. The number of aromatic nitrogens is 3. The Morgan fingerprint density at radius 3 is 2.43 bits per heavy atom. The number of nitrogens with zero attached hydrogens (tertiary/aromatic N) is 4. The summed E-state index contributed by atoms with van der Waals surface area (Å²) in [5.74, 6) is -3.05. The minimum Gasteiger partial charge on any atom is -0.493 e. The Labute approximate surface area is 397 Å². The van der Waals surface area contributed by atoms with Crippen molar-refractivity contribution in [2.75, 3.05) is 25.0 Å². The molecule has 4 aromatic carbocycles. The monoisotopic (exact) mass is 945 g/mol. The summed E-state index contributed by atoms with van der Waals surface area (Å²) in [6.45, 7) is 10.1. The number of imide groups is 2. The van der Waals surface area contributed by atoms with E-state index in [9.17, 15) is 33.2 Å². The van der Waals surface area contributed by atoms with Crippen molar-refractivity contribution < 1.29 is 42.6 Å². The predicted octanol–water partition coefficient (Wildman–Crippen LogP) is 7.98. The third kappa shape index (κ3) is 9.42. The number of halogens is 2. The molecule has 2 aliphatic rings. The largest absolute Gasteiger partial charge is 0.493 e. The average Bonchev–Trinajstić information content (AvgIpc) is 3.83. The van der Waals surface area contributed by atoms with Crippen LogP contribution < -0.4 is 20.7 Å². The summed E-state index contributed by atoms with van der Waals surface area (Å²) in [6.07, 6.45) is 2.06. The zero-order chi connectivity index (χ0) is 48.6. The molecule has 4 heterocycles. The maximum atomic E-state index is 14.5. The van der Waals surface area contributed by atoms with E-state index in [0.717, 1.165) is 54.7 Å². The van der Waals surface area contributed by atoms with Gasteiger partial charge in [0.15, 0.2) is 0 Å². The highest BCUT2D eigenvalue weighted by molar-refractivity contribution is 6.35. The van der Waals surface area contributed by atoms with Crippen molar-refractivity contribution >= 4 is 74.5 Å². The van der Waals surface area contributed by atoms with Gasteiger partial charge in [-0.05, 0) is 120 Å². The van der Waals surface area contributed by atoms with Crippen molar-refractivity contribution in [2.24, 2.45) is 7.05 Å². The molecule has 0 spiro atoms. The minimum absolute atomic E-state index is 0.00111. The zero-order valence-corrected chi connectivity index (χ0v) is 39.6. The van der Waals surface area contributed by atoms with E-state index in [0.29, 0.717) is 55.3 Å². The van der Waals surface area contributed by atoms with Crippen molar-refractivity contribution in [3.63, 3.8) is 0 Å². The van der Waals surface area contributed by atoms with Gasteiger partial charge in [0.2, 0.25) is 17.7 Å². The van der Waals surface area contributed by atoms with Crippen LogP contribution in [0, 0.1) is 19.7 Å². The molecule has 1 fully saturated rings. The van der Waals surface area contributed by atoms with E-state index in [1.807, 2.05) is 76.6 Å². The summed E-state index contributed by atoms with van der Waals surface area (Å²) in [4.78, 5) is 79.7. The number of aryl methyl sites for hydroxylation is 4. The number of anilines is 1. The number of piperidine rings is 1. The second-order valence-electron chi connectivity index (χ2n) is 18.1. The fourth-order valence-electron chi connectivity index (χ4n) is 9.21. The van der Waals surface area contributed by atoms with E-state index in [1.165, 1.54) is 18.2 Å². The van der Waals surface area contributed by atoms with Crippen molar-refractivity contribution in [3.8, 4) is 16.9 Å². The van der Waals surface area contributed by atoms with Gasteiger partial charge < -0.3 is 24.7 Å². The lowest BCUT2D eigenvalue weighted by Gasteiger charge is -2.27. The van der Waals surface area contributed by atoms with Gasteiger partial charge in [-0.2, -0.15) is 5.10 Å². The van der Waals surface area contributed by atoms with Crippen molar-refractivity contribution in [3.05, 3.63) is 111 Å². The van der Waals surface area contributed by atoms with Crippen LogP contribution in [-0.4, -0.2) is 86.1 Å². The lowest BCUT2D eigenvalue weighted by Crippen LogP contribution is -2.54. The van der Waals surface area contributed by atoms with Crippen LogP contribution in [0.3, 0.4) is 0 Å². The number of hydrogen-bond acceptors (Lipinski definition) is 10. The molecular formula is C51H53ClFN7O8. The van der Waals surface area contributed by atoms with Crippen LogP contribution in [0.5, 0.6) is 5.75 Å². The number of unbranched alkanes of at least 4 members (excludes halogenated alkanes) is 1. The maximum absolute atomic E-state index is 14.5. The third-order valence-electron chi connectivity index (χ3n) is 12.3. The van der Waals surface area contributed by atoms with Crippen LogP contribution in [0.15, 0.2) is 66.7 Å². The molecule has 0 aliphatic carbocycles. The number of benzene rings is 4. The third-order valence-corrected chi connectivity index (χ3v) is 12.6. The molecule has 1 atom stereocenters. The first-order valence-electron chi connectivity index (χ1n) is 22.7. The Kier molecular flexibility index (Phi) is 13.4. The minimum atomic E-state index is -1.12. The van der Waals surface area contributed by atoms with Gasteiger partial charge in [-0.25, -0.2) is 9.18 Å². The molecule has 17 heteroatoms. The molecular weight excluding hydrogens is 893 g/mol. The van der Waals surface area contributed by atoms with Crippen LogP contribution >= 0.6 is 11.6 Å². The molecule has 8 rings (SSSR count). The molecule has 2 aromatic heterocycles. The smallest absolute Gasteiger partial charge is 0.355 e. The first kappa shape index (κ1) is 47.4. The topological polar surface area (TPSA) is 183 Å². The van der Waals surface area contributed by atoms with E-state index in [2.05, 4.69) is 16.0 Å². The molecule has 1 unspecified atom stereocenters. The maximum Gasteiger partial charge on any atom is 0.355 e. The number of carbonyl (C=O) groups is 6. The van der Waals surface area contributed by atoms with E-state index in [-0.39, 0.29) is 54.5 Å². The van der Waals surface area contributed by atoms with E-state index in [4.69, 9.17) is 26.2 Å². The first-order chi connectivity index (χ1) is 32.4. The van der Waals surface area contributed by atoms with Gasteiger partial charge >= 0.3 is 5.97 Å². The highest BCUT2D eigenvalue weighted by Gasteiger charge is 2.45. The van der Waals surface area contributed by atoms with E-state index < -0.39 is 41.2 Å². The number of amides is 5. The number of fused-ring (bicyclic) bond motifs is 3. The Morgan fingerprint density at radius 2 is 1.69 bits per heavy atom. The first-order valence-corrected chi connectivity index (χ1v) is 23.0. The van der Waals surface area contributed by atoms with Gasteiger partial charge in [-0.3, -0.25) is 38.9 Å². The zero-order valence-electron chi connectivity index (χ0n) is 38.8. The van der Waals surface area contributed by atoms with Crippen molar-refractivity contribution in [1.29, 1.82) is 0 Å². The van der Waals surface area contributed by atoms with Gasteiger partial charge in [0.05, 0.1) is 40.5 Å². The average molecular weight is 946 g/mol. The summed E-state index contributed by atoms with van der Waals surface area (Å²) in [5, 5.41) is 15.6. The fraction of sp³-hybridized carbons (Fsp3) is 0.353. The Bertz CT molecular complexity index is 3040. The van der Waals surface area contributed by atoms with Crippen molar-refractivity contribution in [2.45, 2.75) is 91.3 Å². The molecule has 6 aromatic rings. The molecule has 15 nitrogen and oxygen atoms in total. The van der Waals surface area contributed by atoms with Gasteiger partial charge in [-0.1, -0.05) is 35.9 Å². The molecule has 3 N–H and O–H groups in total. The number of ether oxygens (including phenoxy) is 2. The van der Waals surface area contributed by atoms with Crippen LogP contribution in [0.25, 0.3) is 32.8 Å². The van der Waals surface area contributed by atoms with E-state index in [1.54, 1.807) is 22.9 Å². The highest BCUT2D eigenvalue weighted by Crippen LogP contribution is 2.43. The summed E-state index contributed by atoms with van der Waals surface area (Å²) in [7, 11) is 1.87. The van der Waals surface area contributed by atoms with Gasteiger partial charge in [0, 0.05) is 59.8 Å². The van der Waals surface area contributed by atoms with E-state index >= 15 is 0 Å². The van der Waals surface area contributed by atoms with Crippen molar-refractivity contribution in [1.82, 2.24) is 29.9 Å². The summed E-state index contributed by atoms with van der Waals surface area (Å²) in [6, 6.07) is 17.4. The van der Waals surface area contributed by atoms with Gasteiger partial charge in [-0.15, -0.1) is 0 Å². The van der Waals surface area contributed by atoms with Crippen LogP contribution in [0.1, 0.15) is 101 Å². The number of nitrogens with one attached hydrogen (secondary N) is 3. The quantitative estimate of drug-likeness (QED) is 0.0489. The standard InChI is InChI=1S/C51H53ClFN7O8/c1-28-42(29(2)58(6)57-28)44-36(52)20-19-34-33(14-11-25-67-39-16-9-12-30-26-31(53)17-18-32(30)39)46(50(66)68-51(3,4)5)59(45(34)44)24-8-7-23-54-41(62)27-55-37-15-10-13-35-43(37)49(65)60(48(35)64)38-21-22-40(61)56-47(38)63/h9-10,12-13,15-20,26,38,55H,7-8,11,14,21-25,27H2,1-6H3,(H,54,62)(H,56,61,63). The Balaban J connectivity index is 1.01. The molecule has 68 heavy (non-hydrogen) atoms. The molecule has 2 aliphatic heterocycles. The number of rotatable bonds is 16. The molecule has 354 valence electrons. The SMILES string of the molecule is Cc1nn(C)c(C)c1-c1c(Cl)ccc2c(CCCOc3cccc4cc(F)ccc34)c(C(=O)OC(C)(C)C)n(CCCCNC(=O)CNc3cccc4c3C(=O)N(C3CCC(=O)NC3=O)C4=O)c12. The summed E-state index contributed by atoms with van der Waals surface area (Å²) < 4.78 is 30.2. The fourth-order valence-corrected chi connectivity index (χ4v) is 9.45. The molecule has 5 amide bonds. The second-order valence-corrected chi connectivity index (χ2v) is 18.5. The molecule has 1 saturated heterocycles. The lowest BCUT2D eigenvalue weighted by molar-refractivity contribution is -0.136. The second kappa shape index (κ2) is 19.3. The van der Waals surface area contributed by atoms with Crippen LogP contribution in [-0.2, 0) is 39.1 Å². The molecule has 0 radical (unpaired) electrons. The van der Waals surface area contributed by atoms with Crippen LogP contribution in [0.4, 0.5) is 10.1 Å². The van der Waals surface area contributed by atoms with Gasteiger partial charge in [0.1, 0.15) is 28.9 Å². The lowest BCUT2D eigenvalue weighted by atomic mass is 9.98. The van der Waals surface area contributed by atoms with Crippen LogP contribution in [0.2, 0.25) is 5.02 Å². The molecule has 0 bridgehead atoms. The van der Waals surface area contributed by atoms with Gasteiger partial charge in [0.25, 0.3) is 11.8 Å². The molecule has 0 saturated carbocycles. The number of esters is 1. The Hall–Kier alpha value is -7.07. The normalized spacial score (nSPS) is 15.0. The number of carbonyl (C=O) groups excluding carboxylic acids is 6.